The number of nitrogens with zero attached hydrogens (tertiary/aromatic N) is 1. The van der Waals surface area contributed by atoms with E-state index in [0.717, 1.165) is 32.5 Å². The molecule has 0 radical (unpaired) electrons. The molecule has 1 aliphatic heterocycles. The van der Waals surface area contributed by atoms with Crippen molar-refractivity contribution in [3.05, 3.63) is 0 Å². The van der Waals surface area contributed by atoms with Crippen molar-refractivity contribution >= 4 is 5.97 Å². The number of carbonyl (C=O) groups is 1. The predicted molar refractivity (Wildman–Crippen MR) is 76.0 cm³/mol. The Bertz CT molecular complexity index is 339. The highest BCUT2D eigenvalue weighted by Gasteiger charge is 2.52. The second-order valence-corrected chi connectivity index (χ2v) is 6.84. The zero-order chi connectivity index (χ0) is 14.1. The summed E-state index contributed by atoms with van der Waals surface area (Å²) in [5.74, 6) is 0.380. The molecule has 0 bridgehead atoms. The van der Waals surface area contributed by atoms with Crippen LogP contribution in [0, 0.1) is 11.3 Å². The fraction of sp³-hybridized carbons (Fsp3) is 0.933. The van der Waals surface area contributed by atoms with E-state index in [1.165, 1.54) is 6.42 Å². The van der Waals surface area contributed by atoms with Gasteiger partial charge in [-0.3, -0.25) is 0 Å². The van der Waals surface area contributed by atoms with Gasteiger partial charge in [0.1, 0.15) is 5.54 Å². The molecule has 0 aromatic rings. The lowest BCUT2D eigenvalue weighted by atomic mass is 9.91. The van der Waals surface area contributed by atoms with Crippen molar-refractivity contribution in [1.82, 2.24) is 10.2 Å². The van der Waals surface area contributed by atoms with Crippen LogP contribution in [0.5, 0.6) is 0 Å². The maximum atomic E-state index is 12.4. The number of hydrogen-bond acceptors (Lipinski definition) is 4. The van der Waals surface area contributed by atoms with Crippen LogP contribution in [0.3, 0.4) is 0 Å². The molecule has 0 aromatic heterocycles. The number of ether oxygens (including phenoxy) is 1. The zero-order valence-electron chi connectivity index (χ0n) is 12.8. The summed E-state index contributed by atoms with van der Waals surface area (Å²) in [7, 11) is 1.90. The number of hydrogen-bond donors (Lipinski definition) is 1. The van der Waals surface area contributed by atoms with Crippen LogP contribution in [0.15, 0.2) is 0 Å². The first-order valence-corrected chi connectivity index (χ1v) is 7.52. The SMILES string of the molecule is CCOC(=O)C(CN1CCC(C)(C)C1)(NC)C1CC1. The molecule has 19 heavy (non-hydrogen) atoms. The summed E-state index contributed by atoms with van der Waals surface area (Å²) in [6.45, 7) is 9.89. The summed E-state index contributed by atoms with van der Waals surface area (Å²) in [6, 6.07) is 0. The van der Waals surface area contributed by atoms with Crippen LogP contribution >= 0.6 is 0 Å². The molecule has 110 valence electrons. The average Bonchev–Trinajstić information content (AvgIpc) is 3.13. The highest BCUT2D eigenvalue weighted by molar-refractivity contribution is 5.82. The molecule has 2 fully saturated rings. The first-order valence-electron chi connectivity index (χ1n) is 7.52. The minimum atomic E-state index is -0.490. The molecule has 1 atom stereocenters. The van der Waals surface area contributed by atoms with Crippen LogP contribution in [-0.2, 0) is 9.53 Å². The molecule has 0 amide bonds. The molecule has 4 nitrogen and oxygen atoms in total. The number of esters is 1. The molecule has 2 rings (SSSR count). The Morgan fingerprint density at radius 1 is 1.47 bits per heavy atom. The van der Waals surface area contributed by atoms with E-state index in [4.69, 9.17) is 4.74 Å². The number of rotatable bonds is 6. The van der Waals surface area contributed by atoms with E-state index in [0.29, 0.717) is 17.9 Å². The Morgan fingerprint density at radius 2 is 2.16 bits per heavy atom. The van der Waals surface area contributed by atoms with Crippen LogP contribution < -0.4 is 5.32 Å². The number of carbonyl (C=O) groups excluding carboxylic acids is 1. The predicted octanol–water partition coefficient (Wildman–Crippen LogP) is 1.65. The lowest BCUT2D eigenvalue weighted by molar-refractivity contribution is -0.153. The Balaban J connectivity index is 2.08. The van der Waals surface area contributed by atoms with Crippen LogP contribution in [0.25, 0.3) is 0 Å². The molecule has 1 unspecified atom stereocenters. The van der Waals surface area contributed by atoms with Gasteiger partial charge in [0.15, 0.2) is 0 Å². The van der Waals surface area contributed by atoms with E-state index in [1.54, 1.807) is 0 Å². The highest BCUT2D eigenvalue weighted by atomic mass is 16.5. The van der Waals surface area contributed by atoms with Gasteiger partial charge >= 0.3 is 5.97 Å². The fourth-order valence-corrected chi connectivity index (χ4v) is 3.29. The molecular weight excluding hydrogens is 240 g/mol. The summed E-state index contributed by atoms with van der Waals surface area (Å²) < 4.78 is 5.33. The molecule has 1 aliphatic carbocycles. The normalized spacial score (nSPS) is 26.1. The maximum Gasteiger partial charge on any atom is 0.327 e. The van der Waals surface area contributed by atoms with Gasteiger partial charge in [0.05, 0.1) is 6.61 Å². The Labute approximate surface area is 116 Å². The zero-order valence-corrected chi connectivity index (χ0v) is 12.8. The van der Waals surface area contributed by atoms with E-state index in [9.17, 15) is 4.79 Å². The third kappa shape index (κ3) is 3.11. The quantitative estimate of drug-likeness (QED) is 0.744. The topological polar surface area (TPSA) is 41.6 Å². The molecule has 0 aromatic carbocycles. The van der Waals surface area contributed by atoms with Crippen molar-refractivity contribution in [2.45, 2.75) is 45.6 Å². The van der Waals surface area contributed by atoms with E-state index in [-0.39, 0.29) is 5.97 Å². The molecular formula is C15H28N2O2. The summed E-state index contributed by atoms with van der Waals surface area (Å²) in [5.41, 5.74) is -0.117. The summed E-state index contributed by atoms with van der Waals surface area (Å²) >= 11 is 0. The maximum absolute atomic E-state index is 12.4. The lowest BCUT2D eigenvalue weighted by Crippen LogP contribution is -2.60. The van der Waals surface area contributed by atoms with Crippen molar-refractivity contribution in [1.29, 1.82) is 0 Å². The highest BCUT2D eigenvalue weighted by Crippen LogP contribution is 2.42. The van der Waals surface area contributed by atoms with Gasteiger partial charge in [-0.2, -0.15) is 0 Å². The summed E-state index contributed by atoms with van der Waals surface area (Å²) in [4.78, 5) is 14.8. The van der Waals surface area contributed by atoms with Gasteiger partial charge in [-0.25, -0.2) is 4.79 Å². The summed E-state index contributed by atoms with van der Waals surface area (Å²) in [6.07, 6.45) is 3.48. The van der Waals surface area contributed by atoms with Crippen molar-refractivity contribution in [2.24, 2.45) is 11.3 Å². The van der Waals surface area contributed by atoms with Gasteiger partial charge in [0.2, 0.25) is 0 Å². The second kappa shape index (κ2) is 5.41. The second-order valence-electron chi connectivity index (χ2n) is 6.84. The third-order valence-electron chi connectivity index (χ3n) is 4.59. The molecule has 1 N–H and O–H groups in total. The van der Waals surface area contributed by atoms with Gasteiger partial charge in [0, 0.05) is 13.1 Å². The van der Waals surface area contributed by atoms with Gasteiger partial charge < -0.3 is 15.0 Å². The van der Waals surface area contributed by atoms with Crippen LogP contribution in [0.1, 0.15) is 40.0 Å². The molecule has 1 saturated carbocycles. The van der Waals surface area contributed by atoms with Gasteiger partial charge in [-0.05, 0) is 51.1 Å². The van der Waals surface area contributed by atoms with Gasteiger partial charge in [-0.15, -0.1) is 0 Å². The third-order valence-corrected chi connectivity index (χ3v) is 4.59. The molecule has 4 heteroatoms. The molecule has 1 heterocycles. The minimum absolute atomic E-state index is 0.0651. The van der Waals surface area contributed by atoms with E-state index in [2.05, 4.69) is 24.1 Å². The van der Waals surface area contributed by atoms with Crippen molar-refractivity contribution in [3.63, 3.8) is 0 Å². The van der Waals surface area contributed by atoms with Crippen molar-refractivity contribution in [2.75, 3.05) is 33.3 Å². The van der Waals surface area contributed by atoms with Crippen LogP contribution in [0.2, 0.25) is 0 Å². The Hall–Kier alpha value is -0.610. The van der Waals surface area contributed by atoms with Crippen molar-refractivity contribution < 1.29 is 9.53 Å². The number of likely N-dealkylation sites (N-methyl/N-ethyl adjacent to an activating group) is 1. The van der Waals surface area contributed by atoms with E-state index in [1.807, 2.05) is 14.0 Å². The molecule has 1 saturated heterocycles. The van der Waals surface area contributed by atoms with Crippen LogP contribution in [0.4, 0.5) is 0 Å². The monoisotopic (exact) mass is 268 g/mol. The number of likely N-dealkylation sites (tertiary alicyclic amines) is 1. The molecule has 0 spiro atoms. The largest absolute Gasteiger partial charge is 0.465 e. The lowest BCUT2D eigenvalue weighted by Gasteiger charge is -2.35. The first-order chi connectivity index (χ1) is 8.93. The average molecular weight is 268 g/mol. The number of nitrogens with one attached hydrogen (secondary N) is 1. The fourth-order valence-electron chi connectivity index (χ4n) is 3.29. The van der Waals surface area contributed by atoms with Crippen LogP contribution in [-0.4, -0.2) is 49.7 Å². The Kier molecular flexibility index (Phi) is 4.21. The van der Waals surface area contributed by atoms with Gasteiger partial charge in [0.25, 0.3) is 0 Å². The van der Waals surface area contributed by atoms with E-state index < -0.39 is 5.54 Å². The van der Waals surface area contributed by atoms with E-state index >= 15 is 0 Å². The summed E-state index contributed by atoms with van der Waals surface area (Å²) in [5, 5.41) is 3.30. The molecule has 2 aliphatic rings. The van der Waals surface area contributed by atoms with Crippen molar-refractivity contribution in [3.8, 4) is 0 Å². The van der Waals surface area contributed by atoms with Gasteiger partial charge in [-0.1, -0.05) is 13.8 Å². The standard InChI is InChI=1S/C15H28N2O2/c1-5-19-13(18)15(16-4,12-6-7-12)11-17-9-8-14(2,3)10-17/h12,16H,5-11H2,1-4H3. The smallest absolute Gasteiger partial charge is 0.327 e. The first kappa shape index (κ1) is 14.8. The Morgan fingerprint density at radius 3 is 2.58 bits per heavy atom. The minimum Gasteiger partial charge on any atom is -0.465 e.